The molecule has 94 valence electrons. The predicted octanol–water partition coefficient (Wildman–Crippen LogP) is 2.88. The lowest BCUT2D eigenvalue weighted by atomic mass is 9.98. The van der Waals surface area contributed by atoms with Gasteiger partial charge in [0.2, 0.25) is 0 Å². The van der Waals surface area contributed by atoms with Crippen LogP contribution in [-0.2, 0) is 10.9 Å². The maximum atomic E-state index is 12.5. The molecular weight excluding hydrogens is 231 g/mol. The van der Waals surface area contributed by atoms with E-state index in [4.69, 9.17) is 10.5 Å². The molecule has 1 aromatic rings. The molecule has 2 N–H and O–H groups in total. The molecule has 1 aromatic carbocycles. The summed E-state index contributed by atoms with van der Waals surface area (Å²) in [5.41, 5.74) is 5.74. The lowest BCUT2D eigenvalue weighted by molar-refractivity contribution is -0.137. The molecule has 1 aliphatic heterocycles. The molecule has 0 amide bonds. The topological polar surface area (TPSA) is 35.2 Å². The van der Waals surface area contributed by atoms with Gasteiger partial charge in [-0.1, -0.05) is 12.1 Å². The van der Waals surface area contributed by atoms with Crippen LogP contribution in [0.5, 0.6) is 0 Å². The van der Waals surface area contributed by atoms with Gasteiger partial charge in [-0.3, -0.25) is 0 Å². The van der Waals surface area contributed by atoms with Crippen molar-refractivity contribution in [2.75, 3.05) is 6.61 Å². The van der Waals surface area contributed by atoms with Crippen LogP contribution < -0.4 is 5.73 Å². The highest BCUT2D eigenvalue weighted by Crippen LogP contribution is 2.32. The molecule has 5 heteroatoms. The Bertz CT molecular complexity index is 386. The Labute approximate surface area is 97.6 Å². The first-order valence-corrected chi connectivity index (χ1v) is 5.53. The minimum Gasteiger partial charge on any atom is -0.376 e. The number of halogens is 3. The number of hydrogen-bond donors (Lipinski definition) is 1. The van der Waals surface area contributed by atoms with Crippen LogP contribution in [0.3, 0.4) is 0 Å². The molecule has 0 aliphatic carbocycles. The fraction of sp³-hybridized carbons (Fsp3) is 0.500. The van der Waals surface area contributed by atoms with E-state index >= 15 is 0 Å². The minimum absolute atomic E-state index is 0.168. The van der Waals surface area contributed by atoms with Crippen molar-refractivity contribution in [3.63, 3.8) is 0 Å². The molecule has 1 fully saturated rings. The highest BCUT2D eigenvalue weighted by molar-refractivity contribution is 5.28. The molecule has 0 spiro atoms. The van der Waals surface area contributed by atoms with Gasteiger partial charge in [0.25, 0.3) is 0 Å². The van der Waals surface area contributed by atoms with E-state index in [0.29, 0.717) is 12.2 Å². The van der Waals surface area contributed by atoms with Gasteiger partial charge in [-0.25, -0.2) is 0 Å². The first-order chi connectivity index (χ1) is 7.98. The van der Waals surface area contributed by atoms with E-state index in [1.807, 2.05) is 0 Å². The number of rotatable bonds is 2. The summed E-state index contributed by atoms with van der Waals surface area (Å²) in [6, 6.07) is 4.66. The van der Waals surface area contributed by atoms with Crippen molar-refractivity contribution in [2.24, 2.45) is 5.73 Å². The third kappa shape index (κ3) is 2.79. The largest absolute Gasteiger partial charge is 0.416 e. The summed E-state index contributed by atoms with van der Waals surface area (Å²) in [6.07, 6.45) is -2.78. The number of ether oxygens (including phenoxy) is 1. The van der Waals surface area contributed by atoms with Crippen molar-refractivity contribution in [1.82, 2.24) is 0 Å². The molecule has 1 aliphatic rings. The first kappa shape index (κ1) is 12.4. The van der Waals surface area contributed by atoms with E-state index in [0.717, 1.165) is 25.0 Å². The van der Waals surface area contributed by atoms with Crippen LogP contribution in [-0.4, -0.2) is 12.7 Å². The normalized spacial score (nSPS) is 22.7. The summed E-state index contributed by atoms with van der Waals surface area (Å²) < 4.78 is 43.0. The Morgan fingerprint density at radius 1 is 1.35 bits per heavy atom. The van der Waals surface area contributed by atoms with Crippen molar-refractivity contribution in [3.05, 3.63) is 35.4 Å². The van der Waals surface area contributed by atoms with Gasteiger partial charge in [-0.15, -0.1) is 0 Å². The average molecular weight is 245 g/mol. The zero-order chi connectivity index (χ0) is 12.5. The lowest BCUT2D eigenvalue weighted by Gasteiger charge is -2.19. The molecule has 0 radical (unpaired) electrons. The Morgan fingerprint density at radius 3 is 2.71 bits per heavy atom. The lowest BCUT2D eigenvalue weighted by Crippen LogP contribution is -2.25. The second-order valence-electron chi connectivity index (χ2n) is 4.20. The van der Waals surface area contributed by atoms with Gasteiger partial charge in [-0.05, 0) is 30.5 Å². The van der Waals surface area contributed by atoms with Gasteiger partial charge < -0.3 is 10.5 Å². The van der Waals surface area contributed by atoms with Gasteiger partial charge in [0.15, 0.2) is 0 Å². The van der Waals surface area contributed by atoms with Crippen molar-refractivity contribution in [1.29, 1.82) is 0 Å². The second-order valence-corrected chi connectivity index (χ2v) is 4.20. The van der Waals surface area contributed by atoms with Gasteiger partial charge >= 0.3 is 6.18 Å². The number of alkyl halides is 3. The molecule has 17 heavy (non-hydrogen) atoms. The number of hydrogen-bond acceptors (Lipinski definition) is 2. The third-order valence-electron chi connectivity index (χ3n) is 2.96. The van der Waals surface area contributed by atoms with Crippen molar-refractivity contribution in [2.45, 2.75) is 31.2 Å². The van der Waals surface area contributed by atoms with E-state index < -0.39 is 17.8 Å². The van der Waals surface area contributed by atoms with E-state index in [1.165, 1.54) is 6.07 Å². The molecule has 0 bridgehead atoms. The van der Waals surface area contributed by atoms with Gasteiger partial charge in [0.05, 0.1) is 17.7 Å². The monoisotopic (exact) mass is 245 g/mol. The molecular formula is C12H14F3NO. The Balaban J connectivity index is 2.20. The van der Waals surface area contributed by atoms with Crippen LogP contribution in [0.1, 0.15) is 30.0 Å². The number of nitrogens with two attached hydrogens (primary N) is 1. The average Bonchev–Trinajstić information content (AvgIpc) is 2.80. The fourth-order valence-electron chi connectivity index (χ4n) is 2.02. The molecule has 1 heterocycles. The molecule has 1 saturated heterocycles. The molecule has 0 saturated carbocycles. The Morgan fingerprint density at radius 2 is 2.12 bits per heavy atom. The van der Waals surface area contributed by atoms with E-state index in [9.17, 15) is 13.2 Å². The number of benzene rings is 1. The van der Waals surface area contributed by atoms with Crippen LogP contribution in [0.25, 0.3) is 0 Å². The maximum absolute atomic E-state index is 12.5. The standard InChI is InChI=1S/C12H14F3NO/c13-12(14,15)9-4-1-3-8(7-9)11(16)10-5-2-6-17-10/h1,3-4,7,10-11H,2,5-6,16H2. The highest BCUT2D eigenvalue weighted by atomic mass is 19.4. The Kier molecular flexibility index (Phi) is 3.40. The smallest absolute Gasteiger partial charge is 0.376 e. The summed E-state index contributed by atoms with van der Waals surface area (Å²) >= 11 is 0. The Hall–Kier alpha value is -1.07. The quantitative estimate of drug-likeness (QED) is 0.869. The van der Waals surface area contributed by atoms with Crippen molar-refractivity contribution < 1.29 is 17.9 Å². The van der Waals surface area contributed by atoms with Crippen LogP contribution >= 0.6 is 0 Å². The minimum atomic E-state index is -4.33. The van der Waals surface area contributed by atoms with Gasteiger partial charge in [-0.2, -0.15) is 13.2 Å². The molecule has 2 rings (SSSR count). The third-order valence-corrected chi connectivity index (χ3v) is 2.96. The SMILES string of the molecule is NC(c1cccc(C(F)(F)F)c1)C1CCCO1. The molecule has 2 unspecified atom stereocenters. The van der Waals surface area contributed by atoms with Crippen LogP contribution in [0, 0.1) is 0 Å². The van der Waals surface area contributed by atoms with Crippen molar-refractivity contribution in [3.8, 4) is 0 Å². The fourth-order valence-corrected chi connectivity index (χ4v) is 2.02. The van der Waals surface area contributed by atoms with Crippen LogP contribution in [0.15, 0.2) is 24.3 Å². The van der Waals surface area contributed by atoms with E-state index in [1.54, 1.807) is 6.07 Å². The summed E-state index contributed by atoms with van der Waals surface area (Å²) in [7, 11) is 0. The van der Waals surface area contributed by atoms with Crippen LogP contribution in [0.4, 0.5) is 13.2 Å². The zero-order valence-corrected chi connectivity index (χ0v) is 9.20. The summed E-state index contributed by atoms with van der Waals surface area (Å²) in [6.45, 7) is 0.636. The van der Waals surface area contributed by atoms with Crippen molar-refractivity contribution >= 4 is 0 Å². The molecule has 2 nitrogen and oxygen atoms in total. The first-order valence-electron chi connectivity index (χ1n) is 5.53. The van der Waals surface area contributed by atoms with Crippen LogP contribution in [0.2, 0.25) is 0 Å². The summed E-state index contributed by atoms with van der Waals surface area (Å²) in [5.74, 6) is 0. The summed E-state index contributed by atoms with van der Waals surface area (Å²) in [5, 5.41) is 0. The van der Waals surface area contributed by atoms with Gasteiger partial charge in [0, 0.05) is 6.61 Å². The van der Waals surface area contributed by atoms with E-state index in [-0.39, 0.29) is 6.10 Å². The highest BCUT2D eigenvalue weighted by Gasteiger charge is 2.32. The maximum Gasteiger partial charge on any atom is 0.416 e. The second kappa shape index (κ2) is 4.66. The predicted molar refractivity (Wildman–Crippen MR) is 57.3 cm³/mol. The van der Waals surface area contributed by atoms with Gasteiger partial charge in [0.1, 0.15) is 0 Å². The molecule has 0 aromatic heterocycles. The molecule has 2 atom stereocenters. The van der Waals surface area contributed by atoms with E-state index in [2.05, 4.69) is 0 Å². The zero-order valence-electron chi connectivity index (χ0n) is 9.20. The summed E-state index contributed by atoms with van der Waals surface area (Å²) in [4.78, 5) is 0.